The van der Waals surface area contributed by atoms with Crippen molar-refractivity contribution < 1.29 is 14.3 Å². The summed E-state index contributed by atoms with van der Waals surface area (Å²) in [6, 6.07) is 7.60. The molecule has 0 aliphatic rings. The lowest BCUT2D eigenvalue weighted by molar-refractivity contribution is 0.0693. The third-order valence-corrected chi connectivity index (χ3v) is 3.17. The molecule has 3 nitrogen and oxygen atoms in total. The maximum absolute atomic E-state index is 13.4. The van der Waals surface area contributed by atoms with Crippen molar-refractivity contribution in [2.45, 2.75) is 9.79 Å². The van der Waals surface area contributed by atoms with E-state index in [0.29, 0.717) is 9.79 Å². The zero-order valence-electron chi connectivity index (χ0n) is 8.63. The molecule has 1 heterocycles. The second-order valence-electron chi connectivity index (χ2n) is 3.21. The minimum absolute atomic E-state index is 0.119. The third-order valence-electron chi connectivity index (χ3n) is 2.07. The van der Waals surface area contributed by atoms with Gasteiger partial charge in [0.15, 0.2) is 0 Å². The largest absolute Gasteiger partial charge is 0.478 e. The second kappa shape index (κ2) is 4.97. The van der Waals surface area contributed by atoms with Gasteiger partial charge >= 0.3 is 5.97 Å². The van der Waals surface area contributed by atoms with Crippen molar-refractivity contribution in [3.8, 4) is 0 Å². The summed E-state index contributed by atoms with van der Waals surface area (Å²) in [5.41, 5.74) is 0.119. The first kappa shape index (κ1) is 11.6. The minimum atomic E-state index is -1.05. The van der Waals surface area contributed by atoms with Gasteiger partial charge in [-0.2, -0.15) is 0 Å². The molecule has 0 spiro atoms. The first-order valence-corrected chi connectivity index (χ1v) is 5.60. The van der Waals surface area contributed by atoms with E-state index >= 15 is 0 Å². The smallest absolute Gasteiger partial charge is 0.336 e. The Bertz CT molecular complexity index is 560. The summed E-state index contributed by atoms with van der Waals surface area (Å²) in [5, 5.41) is 8.98. The zero-order chi connectivity index (χ0) is 12.3. The van der Waals surface area contributed by atoms with Gasteiger partial charge in [0.25, 0.3) is 0 Å². The molecule has 0 unspecified atom stereocenters. The lowest BCUT2D eigenvalue weighted by Crippen LogP contribution is -1.99. The molecule has 0 amide bonds. The Morgan fingerprint density at radius 3 is 2.71 bits per heavy atom. The predicted octanol–water partition coefficient (Wildman–Crippen LogP) is 3.07. The average molecular weight is 249 g/mol. The number of hydrogen-bond donors (Lipinski definition) is 1. The standard InChI is InChI=1S/C12H8FNO2S/c13-9-3-1-2-4-10(9)17-11-7-14-6-5-8(11)12(15)16/h1-7H,(H,15,16). The lowest BCUT2D eigenvalue weighted by atomic mass is 10.3. The number of carboxylic acid groups (broad SMARTS) is 1. The molecule has 0 bridgehead atoms. The van der Waals surface area contributed by atoms with Crippen LogP contribution in [0.1, 0.15) is 10.4 Å². The molecule has 0 saturated heterocycles. The number of halogens is 1. The average Bonchev–Trinajstić information content (AvgIpc) is 2.32. The van der Waals surface area contributed by atoms with Gasteiger partial charge in [-0.15, -0.1) is 0 Å². The van der Waals surface area contributed by atoms with Crippen LogP contribution in [0.5, 0.6) is 0 Å². The van der Waals surface area contributed by atoms with Crippen LogP contribution in [0.15, 0.2) is 52.5 Å². The summed E-state index contributed by atoms with van der Waals surface area (Å²) in [7, 11) is 0. The predicted molar refractivity (Wildman–Crippen MR) is 61.7 cm³/mol. The Balaban J connectivity index is 2.37. The Labute approximate surface area is 101 Å². The van der Waals surface area contributed by atoms with E-state index < -0.39 is 5.97 Å². The van der Waals surface area contributed by atoms with E-state index in [-0.39, 0.29) is 11.4 Å². The number of benzene rings is 1. The molecular weight excluding hydrogens is 241 g/mol. The zero-order valence-corrected chi connectivity index (χ0v) is 9.45. The van der Waals surface area contributed by atoms with Gasteiger partial charge in [-0.1, -0.05) is 23.9 Å². The Kier molecular flexibility index (Phi) is 3.39. The molecular formula is C12H8FNO2S. The number of carbonyl (C=O) groups is 1. The molecule has 17 heavy (non-hydrogen) atoms. The SMILES string of the molecule is O=C(O)c1ccncc1Sc1ccccc1F. The number of aromatic carboxylic acids is 1. The van der Waals surface area contributed by atoms with E-state index in [4.69, 9.17) is 5.11 Å². The number of pyridine rings is 1. The fourth-order valence-electron chi connectivity index (χ4n) is 1.28. The fraction of sp³-hybridized carbons (Fsp3) is 0. The minimum Gasteiger partial charge on any atom is -0.478 e. The van der Waals surface area contributed by atoms with Crippen molar-refractivity contribution in [3.63, 3.8) is 0 Å². The maximum atomic E-state index is 13.4. The third kappa shape index (κ3) is 2.62. The Morgan fingerprint density at radius 1 is 1.24 bits per heavy atom. The highest BCUT2D eigenvalue weighted by Crippen LogP contribution is 2.31. The van der Waals surface area contributed by atoms with E-state index in [2.05, 4.69) is 4.98 Å². The van der Waals surface area contributed by atoms with Gasteiger partial charge in [0.05, 0.1) is 5.56 Å². The molecule has 0 fully saturated rings. The monoisotopic (exact) mass is 249 g/mol. The Hall–Kier alpha value is -1.88. The van der Waals surface area contributed by atoms with Crippen molar-refractivity contribution in [1.82, 2.24) is 4.98 Å². The van der Waals surface area contributed by atoms with Crippen LogP contribution < -0.4 is 0 Å². The van der Waals surface area contributed by atoms with E-state index in [1.807, 2.05) is 0 Å². The highest BCUT2D eigenvalue weighted by atomic mass is 32.2. The highest BCUT2D eigenvalue weighted by Gasteiger charge is 2.12. The molecule has 0 radical (unpaired) electrons. The summed E-state index contributed by atoms with van der Waals surface area (Å²) in [5.74, 6) is -1.43. The van der Waals surface area contributed by atoms with Crippen LogP contribution in [0.25, 0.3) is 0 Å². The Morgan fingerprint density at radius 2 is 2.00 bits per heavy atom. The summed E-state index contributed by atoms with van der Waals surface area (Å²) in [4.78, 5) is 15.6. The topological polar surface area (TPSA) is 50.2 Å². The molecule has 1 N–H and O–H groups in total. The first-order valence-electron chi connectivity index (χ1n) is 4.78. The van der Waals surface area contributed by atoms with Gasteiger partial charge in [-0.05, 0) is 18.2 Å². The van der Waals surface area contributed by atoms with Crippen molar-refractivity contribution >= 4 is 17.7 Å². The number of aromatic nitrogens is 1. The molecule has 86 valence electrons. The van der Waals surface area contributed by atoms with Crippen LogP contribution in [0.3, 0.4) is 0 Å². The molecule has 0 atom stereocenters. The summed E-state index contributed by atoms with van der Waals surface area (Å²) in [6.45, 7) is 0. The van der Waals surface area contributed by atoms with E-state index in [1.165, 1.54) is 24.5 Å². The van der Waals surface area contributed by atoms with Crippen molar-refractivity contribution in [2.24, 2.45) is 0 Å². The molecule has 5 heteroatoms. The molecule has 1 aromatic carbocycles. The summed E-state index contributed by atoms with van der Waals surface area (Å²) >= 11 is 1.05. The molecule has 2 rings (SSSR count). The van der Waals surface area contributed by atoms with Gasteiger partial charge in [0.2, 0.25) is 0 Å². The fourth-order valence-corrected chi connectivity index (χ4v) is 2.21. The molecule has 0 saturated carbocycles. The van der Waals surface area contributed by atoms with Gasteiger partial charge in [-0.25, -0.2) is 9.18 Å². The van der Waals surface area contributed by atoms with E-state index in [0.717, 1.165) is 11.8 Å². The molecule has 2 aromatic rings. The van der Waals surface area contributed by atoms with Crippen LogP contribution >= 0.6 is 11.8 Å². The molecule has 1 aromatic heterocycles. The van der Waals surface area contributed by atoms with Gasteiger partial charge < -0.3 is 5.11 Å². The van der Waals surface area contributed by atoms with Crippen LogP contribution in [0, 0.1) is 5.82 Å². The molecule has 0 aliphatic carbocycles. The highest BCUT2D eigenvalue weighted by molar-refractivity contribution is 7.99. The number of rotatable bonds is 3. The van der Waals surface area contributed by atoms with Crippen LogP contribution in [0.4, 0.5) is 4.39 Å². The van der Waals surface area contributed by atoms with Crippen LogP contribution in [0.2, 0.25) is 0 Å². The second-order valence-corrected chi connectivity index (χ2v) is 4.29. The van der Waals surface area contributed by atoms with Crippen molar-refractivity contribution in [2.75, 3.05) is 0 Å². The number of hydrogen-bond acceptors (Lipinski definition) is 3. The van der Waals surface area contributed by atoms with Gasteiger partial charge in [-0.3, -0.25) is 4.98 Å². The number of carboxylic acids is 1. The van der Waals surface area contributed by atoms with Crippen molar-refractivity contribution in [1.29, 1.82) is 0 Å². The quantitative estimate of drug-likeness (QED) is 0.908. The van der Waals surface area contributed by atoms with Gasteiger partial charge in [0.1, 0.15) is 5.82 Å². The first-order chi connectivity index (χ1) is 8.18. The van der Waals surface area contributed by atoms with Crippen molar-refractivity contribution in [3.05, 3.63) is 54.1 Å². The summed E-state index contributed by atoms with van der Waals surface area (Å²) in [6.07, 6.45) is 2.81. The normalized spacial score (nSPS) is 10.2. The molecule has 0 aliphatic heterocycles. The van der Waals surface area contributed by atoms with Crippen LogP contribution in [-0.4, -0.2) is 16.1 Å². The van der Waals surface area contributed by atoms with Gasteiger partial charge in [0, 0.05) is 22.2 Å². The van der Waals surface area contributed by atoms with E-state index in [1.54, 1.807) is 18.2 Å². The van der Waals surface area contributed by atoms with E-state index in [9.17, 15) is 9.18 Å². The summed E-state index contributed by atoms with van der Waals surface area (Å²) < 4.78 is 13.4. The lowest BCUT2D eigenvalue weighted by Gasteiger charge is -2.05. The number of nitrogens with zero attached hydrogens (tertiary/aromatic N) is 1. The maximum Gasteiger partial charge on any atom is 0.336 e. The van der Waals surface area contributed by atoms with Crippen LogP contribution in [-0.2, 0) is 0 Å².